The SMILES string of the molecule is CC1=C(C(C)(F)F)NCC(C)C1N. The second-order valence-corrected chi connectivity index (χ2v) is 3.83. The summed E-state index contributed by atoms with van der Waals surface area (Å²) in [6, 6.07) is -0.248. The Morgan fingerprint density at radius 2 is 2.08 bits per heavy atom. The minimum absolute atomic E-state index is 0.00176. The molecule has 2 unspecified atom stereocenters. The van der Waals surface area contributed by atoms with E-state index in [9.17, 15) is 8.78 Å². The molecule has 76 valence electrons. The summed E-state index contributed by atoms with van der Waals surface area (Å²) in [7, 11) is 0. The highest BCUT2D eigenvalue weighted by atomic mass is 19.3. The fourth-order valence-electron chi connectivity index (χ4n) is 1.62. The summed E-state index contributed by atoms with van der Waals surface area (Å²) in [6.07, 6.45) is 0. The molecule has 0 saturated carbocycles. The Kier molecular flexibility index (Phi) is 2.61. The van der Waals surface area contributed by atoms with Gasteiger partial charge in [0.15, 0.2) is 0 Å². The van der Waals surface area contributed by atoms with Crippen molar-refractivity contribution < 1.29 is 8.78 Å². The lowest BCUT2D eigenvalue weighted by Gasteiger charge is -2.33. The van der Waals surface area contributed by atoms with Crippen LogP contribution in [0.4, 0.5) is 8.78 Å². The predicted octanol–water partition coefficient (Wildman–Crippen LogP) is 1.48. The van der Waals surface area contributed by atoms with Crippen LogP contribution in [0.15, 0.2) is 11.3 Å². The summed E-state index contributed by atoms with van der Waals surface area (Å²) in [5.74, 6) is -2.59. The monoisotopic (exact) mass is 190 g/mol. The van der Waals surface area contributed by atoms with Crippen molar-refractivity contribution in [3.63, 3.8) is 0 Å². The van der Waals surface area contributed by atoms with Crippen LogP contribution < -0.4 is 11.1 Å². The average molecular weight is 190 g/mol. The normalized spacial score (nSPS) is 30.3. The average Bonchev–Trinajstić information content (AvgIpc) is 1.98. The molecule has 1 aliphatic heterocycles. The molecule has 1 heterocycles. The van der Waals surface area contributed by atoms with Crippen LogP contribution in [0, 0.1) is 5.92 Å². The molecule has 13 heavy (non-hydrogen) atoms. The zero-order valence-corrected chi connectivity index (χ0v) is 8.20. The molecule has 0 aliphatic carbocycles. The van der Waals surface area contributed by atoms with E-state index in [0.29, 0.717) is 12.1 Å². The Morgan fingerprint density at radius 1 is 1.54 bits per heavy atom. The molecule has 0 aromatic carbocycles. The van der Waals surface area contributed by atoms with Gasteiger partial charge in [-0.25, -0.2) is 8.78 Å². The molecule has 0 aromatic rings. The number of allylic oxidation sites excluding steroid dienone is 1. The topological polar surface area (TPSA) is 38.0 Å². The van der Waals surface area contributed by atoms with Crippen LogP contribution in [0.3, 0.4) is 0 Å². The van der Waals surface area contributed by atoms with Gasteiger partial charge < -0.3 is 11.1 Å². The summed E-state index contributed by atoms with van der Waals surface area (Å²) in [5.41, 5.74) is 6.35. The highest BCUT2D eigenvalue weighted by molar-refractivity contribution is 5.25. The third-order valence-electron chi connectivity index (χ3n) is 2.55. The van der Waals surface area contributed by atoms with Crippen LogP contribution in [0.25, 0.3) is 0 Å². The molecule has 1 aliphatic rings. The van der Waals surface area contributed by atoms with Crippen LogP contribution >= 0.6 is 0 Å². The first-order chi connectivity index (χ1) is 5.84. The maximum Gasteiger partial charge on any atom is 0.284 e. The van der Waals surface area contributed by atoms with Crippen molar-refractivity contribution >= 4 is 0 Å². The zero-order chi connectivity index (χ0) is 10.2. The standard InChI is InChI=1S/C9H16F2N2/c1-5-4-13-8(9(3,10)11)6(2)7(5)12/h5,7,13H,4,12H2,1-3H3. The third kappa shape index (κ3) is 1.99. The van der Waals surface area contributed by atoms with Gasteiger partial charge in [0, 0.05) is 19.5 Å². The fourth-order valence-corrected chi connectivity index (χ4v) is 1.62. The molecule has 0 radical (unpaired) electrons. The van der Waals surface area contributed by atoms with E-state index < -0.39 is 5.92 Å². The molecule has 1 rings (SSSR count). The highest BCUT2D eigenvalue weighted by Gasteiger charge is 2.35. The van der Waals surface area contributed by atoms with Crippen LogP contribution in [0.5, 0.6) is 0 Å². The number of hydrogen-bond donors (Lipinski definition) is 2. The maximum absolute atomic E-state index is 13.0. The second-order valence-electron chi connectivity index (χ2n) is 3.83. The minimum Gasteiger partial charge on any atom is -0.383 e. The van der Waals surface area contributed by atoms with Crippen molar-refractivity contribution in [1.29, 1.82) is 0 Å². The van der Waals surface area contributed by atoms with Gasteiger partial charge in [-0.3, -0.25) is 0 Å². The Bertz CT molecular complexity index is 230. The molecule has 0 fully saturated rings. The molecule has 0 amide bonds. The van der Waals surface area contributed by atoms with E-state index in [1.807, 2.05) is 6.92 Å². The molecule has 2 nitrogen and oxygen atoms in total. The fraction of sp³-hybridized carbons (Fsp3) is 0.778. The van der Waals surface area contributed by atoms with Gasteiger partial charge in [0.1, 0.15) is 0 Å². The Hall–Kier alpha value is -0.640. The maximum atomic E-state index is 13.0. The van der Waals surface area contributed by atoms with Crippen molar-refractivity contribution in [2.75, 3.05) is 6.54 Å². The van der Waals surface area contributed by atoms with Gasteiger partial charge in [0.05, 0.1) is 5.70 Å². The number of halogens is 2. The molecule has 0 saturated heterocycles. The van der Waals surface area contributed by atoms with E-state index in [1.165, 1.54) is 0 Å². The van der Waals surface area contributed by atoms with Gasteiger partial charge in [0.2, 0.25) is 0 Å². The third-order valence-corrected chi connectivity index (χ3v) is 2.55. The van der Waals surface area contributed by atoms with E-state index in [4.69, 9.17) is 5.73 Å². The van der Waals surface area contributed by atoms with Crippen LogP contribution in [-0.2, 0) is 0 Å². The molecule has 4 heteroatoms. The summed E-state index contributed by atoms with van der Waals surface area (Å²) in [4.78, 5) is 0. The number of hydrogen-bond acceptors (Lipinski definition) is 2. The first-order valence-corrected chi connectivity index (χ1v) is 4.42. The Labute approximate surface area is 77.2 Å². The van der Waals surface area contributed by atoms with Gasteiger partial charge in [-0.2, -0.15) is 0 Å². The molecule has 2 atom stereocenters. The van der Waals surface area contributed by atoms with E-state index >= 15 is 0 Å². The molecule has 3 N–H and O–H groups in total. The van der Waals surface area contributed by atoms with E-state index in [2.05, 4.69) is 5.32 Å². The number of nitrogens with two attached hydrogens (primary N) is 1. The first kappa shape index (κ1) is 10.4. The van der Waals surface area contributed by atoms with Gasteiger partial charge in [0.25, 0.3) is 5.92 Å². The van der Waals surface area contributed by atoms with Crippen molar-refractivity contribution in [1.82, 2.24) is 5.32 Å². The van der Waals surface area contributed by atoms with Crippen LogP contribution in [0.1, 0.15) is 20.8 Å². The zero-order valence-electron chi connectivity index (χ0n) is 8.20. The van der Waals surface area contributed by atoms with E-state index in [1.54, 1.807) is 6.92 Å². The predicted molar refractivity (Wildman–Crippen MR) is 48.5 cm³/mol. The van der Waals surface area contributed by atoms with Gasteiger partial charge >= 0.3 is 0 Å². The molecular formula is C9H16F2N2. The number of nitrogens with one attached hydrogen (secondary N) is 1. The van der Waals surface area contributed by atoms with Crippen molar-refractivity contribution in [2.24, 2.45) is 11.7 Å². The van der Waals surface area contributed by atoms with Crippen molar-refractivity contribution in [2.45, 2.75) is 32.7 Å². The molecule has 0 spiro atoms. The first-order valence-electron chi connectivity index (χ1n) is 4.42. The summed E-state index contributed by atoms with van der Waals surface area (Å²) in [5, 5.41) is 2.74. The van der Waals surface area contributed by atoms with E-state index in [0.717, 1.165) is 6.92 Å². The summed E-state index contributed by atoms with van der Waals surface area (Å²) >= 11 is 0. The highest BCUT2D eigenvalue weighted by Crippen LogP contribution is 2.29. The van der Waals surface area contributed by atoms with Crippen LogP contribution in [0.2, 0.25) is 0 Å². The van der Waals surface area contributed by atoms with Crippen LogP contribution in [-0.4, -0.2) is 18.5 Å². The Morgan fingerprint density at radius 3 is 2.54 bits per heavy atom. The summed E-state index contributed by atoms with van der Waals surface area (Å²) in [6.45, 7) is 5.03. The van der Waals surface area contributed by atoms with Crippen molar-refractivity contribution in [3.8, 4) is 0 Å². The number of rotatable bonds is 1. The number of alkyl halides is 2. The van der Waals surface area contributed by atoms with Gasteiger partial charge in [-0.15, -0.1) is 0 Å². The van der Waals surface area contributed by atoms with Gasteiger partial charge in [-0.1, -0.05) is 6.92 Å². The largest absolute Gasteiger partial charge is 0.383 e. The molecule has 0 aromatic heterocycles. The molecular weight excluding hydrogens is 174 g/mol. The van der Waals surface area contributed by atoms with Crippen molar-refractivity contribution in [3.05, 3.63) is 11.3 Å². The Balaban J connectivity index is 2.97. The lowest BCUT2D eigenvalue weighted by atomic mass is 9.90. The smallest absolute Gasteiger partial charge is 0.284 e. The van der Waals surface area contributed by atoms with Gasteiger partial charge in [-0.05, 0) is 18.4 Å². The lowest BCUT2D eigenvalue weighted by Crippen LogP contribution is -2.46. The minimum atomic E-state index is -2.80. The summed E-state index contributed by atoms with van der Waals surface area (Å²) < 4.78 is 26.0. The second kappa shape index (κ2) is 3.25. The van der Waals surface area contributed by atoms with E-state index in [-0.39, 0.29) is 17.7 Å². The quantitative estimate of drug-likeness (QED) is 0.657. The molecule has 0 bridgehead atoms. The lowest BCUT2D eigenvalue weighted by molar-refractivity contribution is 0.0505.